The quantitative estimate of drug-likeness (QED) is 0.654. The molecule has 4 rings (SSSR count). The van der Waals surface area contributed by atoms with Crippen LogP contribution < -0.4 is 20.3 Å². The number of aryl methyl sites for hydroxylation is 1. The fourth-order valence-electron chi connectivity index (χ4n) is 4.36. The summed E-state index contributed by atoms with van der Waals surface area (Å²) in [6.45, 7) is 5.96. The number of hydrogen-bond acceptors (Lipinski definition) is 6. The predicted molar refractivity (Wildman–Crippen MR) is 126 cm³/mol. The molecule has 0 saturated carbocycles. The van der Waals surface area contributed by atoms with E-state index < -0.39 is 0 Å². The molecule has 7 heteroatoms. The van der Waals surface area contributed by atoms with Gasteiger partial charge in [-0.05, 0) is 44.2 Å². The van der Waals surface area contributed by atoms with Crippen LogP contribution in [-0.2, 0) is 7.05 Å². The first-order valence-electron chi connectivity index (χ1n) is 10.5. The fourth-order valence-corrected chi connectivity index (χ4v) is 4.36. The molecule has 2 aromatic heterocycles. The molecule has 0 N–H and O–H groups in total. The van der Waals surface area contributed by atoms with E-state index in [0.29, 0.717) is 11.2 Å². The zero-order valence-corrected chi connectivity index (χ0v) is 18.7. The van der Waals surface area contributed by atoms with Crippen LogP contribution in [0.15, 0.2) is 47.3 Å². The molecule has 31 heavy (non-hydrogen) atoms. The van der Waals surface area contributed by atoms with Gasteiger partial charge >= 0.3 is 0 Å². The average Bonchev–Trinajstić information content (AvgIpc) is 2.77. The number of hydrogen-bond donors (Lipinski definition) is 0. The molecule has 7 nitrogen and oxygen atoms in total. The zero-order chi connectivity index (χ0) is 22.3. The molecule has 1 saturated heterocycles. The van der Waals surface area contributed by atoms with Crippen molar-refractivity contribution in [2.24, 2.45) is 7.05 Å². The highest BCUT2D eigenvalue weighted by Gasteiger charge is 2.31. The van der Waals surface area contributed by atoms with Crippen LogP contribution in [0.5, 0.6) is 0 Å². The van der Waals surface area contributed by atoms with Gasteiger partial charge in [0.25, 0.3) is 5.56 Å². The Bertz CT molecular complexity index is 1220. The summed E-state index contributed by atoms with van der Waals surface area (Å²) in [5.41, 5.74) is 4.89. The lowest BCUT2D eigenvalue weighted by Gasteiger charge is -2.46. The summed E-state index contributed by atoms with van der Waals surface area (Å²) in [4.78, 5) is 24.0. The third-order valence-electron chi connectivity index (χ3n) is 6.16. The van der Waals surface area contributed by atoms with Crippen molar-refractivity contribution in [3.8, 4) is 6.07 Å². The molecule has 1 aliphatic rings. The first-order valence-corrected chi connectivity index (χ1v) is 10.5. The van der Waals surface area contributed by atoms with Crippen LogP contribution in [0.3, 0.4) is 0 Å². The summed E-state index contributed by atoms with van der Waals surface area (Å²) in [6, 6.07) is 16.2. The van der Waals surface area contributed by atoms with E-state index in [0.717, 1.165) is 24.3 Å². The molecular weight excluding hydrogens is 388 g/mol. The molecule has 0 unspecified atom stereocenters. The topological polar surface area (TPSA) is 68.4 Å². The van der Waals surface area contributed by atoms with E-state index in [1.807, 2.05) is 20.2 Å². The molecule has 2 atom stereocenters. The molecule has 3 heterocycles. The SMILES string of the molecule is C[C@@H]1CN(c2cc(=O)n(C)c3ccc(C#N)nc23)[C@@H](C)CN1c1cccc(N(C)C)c1. The minimum Gasteiger partial charge on any atom is -0.378 e. The normalized spacial score (nSPS) is 18.8. The van der Waals surface area contributed by atoms with Crippen molar-refractivity contribution in [2.45, 2.75) is 25.9 Å². The van der Waals surface area contributed by atoms with Crippen LogP contribution in [0.25, 0.3) is 11.0 Å². The summed E-state index contributed by atoms with van der Waals surface area (Å²) >= 11 is 0. The molecule has 1 aromatic carbocycles. The van der Waals surface area contributed by atoms with Gasteiger partial charge in [0, 0.05) is 63.8 Å². The Morgan fingerprint density at radius 2 is 1.77 bits per heavy atom. The number of benzene rings is 1. The third-order valence-corrected chi connectivity index (χ3v) is 6.16. The first kappa shape index (κ1) is 20.7. The van der Waals surface area contributed by atoms with E-state index in [9.17, 15) is 10.1 Å². The van der Waals surface area contributed by atoms with E-state index in [1.165, 1.54) is 11.4 Å². The highest BCUT2D eigenvalue weighted by atomic mass is 16.1. The molecule has 3 aromatic rings. The van der Waals surface area contributed by atoms with E-state index >= 15 is 0 Å². The summed E-state index contributed by atoms with van der Waals surface area (Å²) in [5, 5.41) is 9.33. The summed E-state index contributed by atoms with van der Waals surface area (Å²) < 4.78 is 1.59. The minimum absolute atomic E-state index is 0.0741. The van der Waals surface area contributed by atoms with Gasteiger partial charge in [-0.1, -0.05) is 6.07 Å². The molecular formula is C24H28N6O. The molecule has 0 amide bonds. The number of piperazine rings is 1. The van der Waals surface area contributed by atoms with Crippen molar-refractivity contribution in [1.82, 2.24) is 9.55 Å². The van der Waals surface area contributed by atoms with Gasteiger partial charge in [0.1, 0.15) is 17.3 Å². The smallest absolute Gasteiger partial charge is 0.252 e. The van der Waals surface area contributed by atoms with E-state index in [4.69, 9.17) is 0 Å². The number of anilines is 3. The Labute approximate surface area is 182 Å². The maximum absolute atomic E-state index is 12.7. The summed E-state index contributed by atoms with van der Waals surface area (Å²) in [6.07, 6.45) is 0. The Balaban J connectivity index is 1.73. The molecule has 0 spiro atoms. The van der Waals surface area contributed by atoms with Gasteiger partial charge in [0.05, 0.1) is 11.2 Å². The van der Waals surface area contributed by atoms with Crippen molar-refractivity contribution in [3.05, 3.63) is 58.5 Å². The van der Waals surface area contributed by atoms with Crippen LogP contribution in [0.4, 0.5) is 17.1 Å². The second kappa shape index (κ2) is 7.95. The van der Waals surface area contributed by atoms with Gasteiger partial charge in [-0.25, -0.2) is 4.98 Å². The lowest BCUT2D eigenvalue weighted by Crippen LogP contribution is -2.57. The average molecular weight is 417 g/mol. The third kappa shape index (κ3) is 3.70. The summed E-state index contributed by atoms with van der Waals surface area (Å²) in [7, 11) is 5.84. The van der Waals surface area contributed by atoms with Crippen molar-refractivity contribution < 1.29 is 0 Å². The lowest BCUT2D eigenvalue weighted by atomic mass is 10.0. The number of nitriles is 1. The van der Waals surface area contributed by atoms with Crippen LogP contribution in [0.1, 0.15) is 19.5 Å². The van der Waals surface area contributed by atoms with Crippen molar-refractivity contribution in [2.75, 3.05) is 41.9 Å². The second-order valence-corrected chi connectivity index (χ2v) is 8.52. The Hall–Kier alpha value is -3.53. The van der Waals surface area contributed by atoms with Gasteiger partial charge in [-0.2, -0.15) is 5.26 Å². The van der Waals surface area contributed by atoms with Crippen LogP contribution in [0, 0.1) is 11.3 Å². The van der Waals surface area contributed by atoms with Gasteiger partial charge in [-0.3, -0.25) is 4.79 Å². The van der Waals surface area contributed by atoms with Crippen molar-refractivity contribution >= 4 is 28.1 Å². The maximum Gasteiger partial charge on any atom is 0.252 e. The Kier molecular flexibility index (Phi) is 5.32. The van der Waals surface area contributed by atoms with Crippen LogP contribution in [0.2, 0.25) is 0 Å². The molecule has 0 aliphatic carbocycles. The predicted octanol–water partition coefficient (Wildman–Crippen LogP) is 2.97. The van der Waals surface area contributed by atoms with Gasteiger partial charge in [0.2, 0.25) is 0 Å². The lowest BCUT2D eigenvalue weighted by molar-refractivity contribution is 0.481. The standard InChI is InChI=1S/C24H28N6O/c1-16-15-30(17(2)14-29(16)20-8-6-7-19(11-20)27(3)4)22-12-23(31)28(5)21-10-9-18(13-25)26-24(21)22/h6-12,16-17H,14-15H2,1-5H3/t16-,17+/m1/s1. The van der Waals surface area contributed by atoms with Crippen molar-refractivity contribution in [1.29, 1.82) is 5.26 Å². The Morgan fingerprint density at radius 3 is 2.48 bits per heavy atom. The summed E-state index contributed by atoms with van der Waals surface area (Å²) in [5.74, 6) is 0. The minimum atomic E-state index is -0.0741. The zero-order valence-electron chi connectivity index (χ0n) is 18.7. The van der Waals surface area contributed by atoms with Gasteiger partial charge in [-0.15, -0.1) is 0 Å². The van der Waals surface area contributed by atoms with Gasteiger partial charge < -0.3 is 19.3 Å². The first-order chi connectivity index (χ1) is 14.8. The van der Waals surface area contributed by atoms with Gasteiger partial charge in [0.15, 0.2) is 0 Å². The molecule has 0 radical (unpaired) electrons. The molecule has 160 valence electrons. The molecule has 0 bridgehead atoms. The highest BCUT2D eigenvalue weighted by molar-refractivity contribution is 5.89. The number of fused-ring (bicyclic) bond motifs is 1. The molecule has 1 aliphatic heterocycles. The van der Waals surface area contributed by atoms with Crippen molar-refractivity contribution in [3.63, 3.8) is 0 Å². The second-order valence-electron chi connectivity index (χ2n) is 8.52. The maximum atomic E-state index is 12.7. The number of nitrogens with zero attached hydrogens (tertiary/aromatic N) is 6. The molecule has 1 fully saturated rings. The van der Waals surface area contributed by atoms with Crippen LogP contribution in [-0.4, -0.2) is 48.8 Å². The number of pyridine rings is 2. The monoisotopic (exact) mass is 416 g/mol. The Morgan fingerprint density at radius 1 is 1.06 bits per heavy atom. The van der Waals surface area contributed by atoms with E-state index in [-0.39, 0.29) is 17.6 Å². The number of rotatable bonds is 3. The van der Waals surface area contributed by atoms with E-state index in [1.54, 1.807) is 23.7 Å². The largest absolute Gasteiger partial charge is 0.378 e. The highest BCUT2D eigenvalue weighted by Crippen LogP contribution is 2.31. The van der Waals surface area contributed by atoms with E-state index in [2.05, 4.69) is 63.9 Å². The number of aromatic nitrogens is 2. The fraction of sp³-hybridized carbons (Fsp3) is 0.375. The van der Waals surface area contributed by atoms with Crippen LogP contribution >= 0.6 is 0 Å².